The second kappa shape index (κ2) is 7.00. The van der Waals surface area contributed by atoms with Gasteiger partial charge in [-0.25, -0.2) is 8.78 Å². The fourth-order valence-electron chi connectivity index (χ4n) is 1.66. The first-order valence-electron chi connectivity index (χ1n) is 6.33. The summed E-state index contributed by atoms with van der Waals surface area (Å²) < 4.78 is 26.1. The Kier molecular flexibility index (Phi) is 5.30. The van der Waals surface area contributed by atoms with Gasteiger partial charge in [-0.3, -0.25) is 0 Å². The van der Waals surface area contributed by atoms with Gasteiger partial charge in [0.15, 0.2) is 16.8 Å². The predicted molar refractivity (Wildman–Crippen MR) is 78.9 cm³/mol. The summed E-state index contributed by atoms with van der Waals surface area (Å²) in [5.74, 6) is -1.34. The number of benzene rings is 1. The third-order valence-electron chi connectivity index (χ3n) is 2.72. The third kappa shape index (κ3) is 4.01. The Morgan fingerprint density at radius 2 is 1.81 bits per heavy atom. The van der Waals surface area contributed by atoms with E-state index in [-0.39, 0.29) is 5.28 Å². The van der Waals surface area contributed by atoms with Gasteiger partial charge >= 0.3 is 0 Å². The van der Waals surface area contributed by atoms with E-state index in [0.29, 0.717) is 16.0 Å². The highest BCUT2D eigenvalue weighted by atomic mass is 35.5. The van der Waals surface area contributed by atoms with Crippen molar-refractivity contribution < 1.29 is 8.78 Å². The zero-order valence-electron chi connectivity index (χ0n) is 11.5. The molecule has 21 heavy (non-hydrogen) atoms. The molecule has 0 aliphatic heterocycles. The smallest absolute Gasteiger partial charge is 0.230 e. The fraction of sp³-hybridized carbons (Fsp3) is 0.308. The molecule has 0 radical (unpaired) electrons. The van der Waals surface area contributed by atoms with Gasteiger partial charge in [-0.05, 0) is 55.4 Å². The van der Waals surface area contributed by atoms with Crippen LogP contribution in [0.3, 0.4) is 0 Å². The number of halogens is 3. The van der Waals surface area contributed by atoms with Crippen molar-refractivity contribution in [3.63, 3.8) is 0 Å². The maximum absolute atomic E-state index is 13.2. The SMILES string of the molecule is CCN(CC)c1nc(Cl)nc(Sc2ccc(F)c(F)c2)n1. The van der Waals surface area contributed by atoms with E-state index in [1.165, 1.54) is 6.07 Å². The minimum atomic E-state index is -0.913. The van der Waals surface area contributed by atoms with Crippen LogP contribution >= 0.6 is 23.4 Å². The fourth-order valence-corrected chi connectivity index (χ4v) is 2.64. The zero-order valence-corrected chi connectivity index (χ0v) is 13.0. The summed E-state index contributed by atoms with van der Waals surface area (Å²) in [6, 6.07) is 3.61. The molecular weight excluding hydrogens is 318 g/mol. The van der Waals surface area contributed by atoms with Crippen LogP contribution in [0.5, 0.6) is 0 Å². The number of rotatable bonds is 5. The number of hydrogen-bond acceptors (Lipinski definition) is 5. The Morgan fingerprint density at radius 3 is 2.43 bits per heavy atom. The zero-order chi connectivity index (χ0) is 15.4. The number of aromatic nitrogens is 3. The first-order chi connectivity index (χ1) is 10.0. The van der Waals surface area contributed by atoms with E-state index in [1.54, 1.807) is 0 Å². The molecule has 1 heterocycles. The summed E-state index contributed by atoms with van der Waals surface area (Å²) in [6.45, 7) is 5.41. The number of nitrogens with zero attached hydrogens (tertiary/aromatic N) is 4. The molecule has 2 aromatic rings. The molecule has 0 amide bonds. The molecule has 1 aromatic carbocycles. The van der Waals surface area contributed by atoms with Crippen molar-refractivity contribution in [1.29, 1.82) is 0 Å². The van der Waals surface area contributed by atoms with Crippen LogP contribution < -0.4 is 4.90 Å². The molecule has 0 spiro atoms. The molecule has 0 N–H and O–H groups in total. The molecule has 1 aromatic heterocycles. The normalized spacial score (nSPS) is 10.7. The Hall–Kier alpha value is -1.47. The summed E-state index contributed by atoms with van der Waals surface area (Å²) in [5, 5.41) is 0.403. The molecule has 0 aliphatic rings. The van der Waals surface area contributed by atoms with Crippen molar-refractivity contribution in [3.05, 3.63) is 35.1 Å². The average molecular weight is 331 g/mol. The van der Waals surface area contributed by atoms with E-state index < -0.39 is 11.6 Å². The second-order valence-electron chi connectivity index (χ2n) is 4.04. The topological polar surface area (TPSA) is 41.9 Å². The van der Waals surface area contributed by atoms with Gasteiger partial charge in [0.05, 0.1) is 0 Å². The van der Waals surface area contributed by atoms with Crippen LogP contribution in [0.2, 0.25) is 5.28 Å². The van der Waals surface area contributed by atoms with E-state index in [4.69, 9.17) is 11.6 Å². The van der Waals surface area contributed by atoms with E-state index in [9.17, 15) is 8.78 Å². The molecular formula is C13H13ClF2N4S. The lowest BCUT2D eigenvalue weighted by molar-refractivity contribution is 0.506. The predicted octanol–water partition coefficient (Wildman–Crippen LogP) is 3.80. The summed E-state index contributed by atoms with van der Waals surface area (Å²) in [7, 11) is 0. The maximum atomic E-state index is 13.2. The first kappa shape index (κ1) is 15.9. The van der Waals surface area contributed by atoms with Gasteiger partial charge < -0.3 is 4.90 Å². The molecule has 0 atom stereocenters. The highest BCUT2D eigenvalue weighted by Crippen LogP contribution is 2.27. The lowest BCUT2D eigenvalue weighted by Gasteiger charge is -2.18. The van der Waals surface area contributed by atoms with Crippen molar-refractivity contribution in [2.75, 3.05) is 18.0 Å². The molecule has 0 unspecified atom stereocenters. The van der Waals surface area contributed by atoms with Crippen molar-refractivity contribution in [1.82, 2.24) is 15.0 Å². The van der Waals surface area contributed by atoms with Crippen LogP contribution in [0.25, 0.3) is 0 Å². The van der Waals surface area contributed by atoms with Gasteiger partial charge in [-0.15, -0.1) is 0 Å². The van der Waals surface area contributed by atoms with Gasteiger partial charge in [0.25, 0.3) is 0 Å². The molecule has 2 rings (SSSR count). The monoisotopic (exact) mass is 330 g/mol. The Balaban J connectivity index is 2.29. The van der Waals surface area contributed by atoms with Crippen molar-refractivity contribution in [3.8, 4) is 0 Å². The summed E-state index contributed by atoms with van der Waals surface area (Å²) in [4.78, 5) is 14.8. The molecule has 4 nitrogen and oxygen atoms in total. The highest BCUT2D eigenvalue weighted by molar-refractivity contribution is 7.99. The van der Waals surface area contributed by atoms with E-state index in [2.05, 4.69) is 15.0 Å². The number of hydrogen-bond donors (Lipinski definition) is 0. The van der Waals surface area contributed by atoms with Gasteiger partial charge in [0, 0.05) is 18.0 Å². The van der Waals surface area contributed by atoms with Crippen LogP contribution in [0, 0.1) is 11.6 Å². The maximum Gasteiger partial charge on any atom is 0.230 e. The Bertz CT molecular complexity index is 638. The van der Waals surface area contributed by atoms with Gasteiger partial charge in [0.2, 0.25) is 11.2 Å². The minimum absolute atomic E-state index is 0.0667. The van der Waals surface area contributed by atoms with Gasteiger partial charge in [-0.2, -0.15) is 15.0 Å². The van der Waals surface area contributed by atoms with Crippen LogP contribution in [0.1, 0.15) is 13.8 Å². The summed E-state index contributed by atoms with van der Waals surface area (Å²) in [6.07, 6.45) is 0. The van der Waals surface area contributed by atoms with Crippen LogP contribution in [-0.4, -0.2) is 28.0 Å². The van der Waals surface area contributed by atoms with E-state index >= 15 is 0 Å². The molecule has 8 heteroatoms. The molecule has 0 bridgehead atoms. The lowest BCUT2D eigenvalue weighted by atomic mass is 10.3. The lowest BCUT2D eigenvalue weighted by Crippen LogP contribution is -2.24. The largest absolute Gasteiger partial charge is 0.341 e. The third-order valence-corrected chi connectivity index (χ3v) is 3.75. The van der Waals surface area contributed by atoms with E-state index in [1.807, 2.05) is 18.7 Å². The van der Waals surface area contributed by atoms with Gasteiger partial charge in [-0.1, -0.05) is 0 Å². The molecule has 112 valence electrons. The Labute approximate surface area is 130 Å². The molecule has 0 saturated heterocycles. The van der Waals surface area contributed by atoms with Gasteiger partial charge in [0.1, 0.15) is 0 Å². The molecule has 0 aliphatic carbocycles. The van der Waals surface area contributed by atoms with Crippen LogP contribution in [0.15, 0.2) is 28.3 Å². The quantitative estimate of drug-likeness (QED) is 0.834. The van der Waals surface area contributed by atoms with Crippen LogP contribution in [-0.2, 0) is 0 Å². The van der Waals surface area contributed by atoms with Crippen LogP contribution in [0.4, 0.5) is 14.7 Å². The minimum Gasteiger partial charge on any atom is -0.341 e. The highest BCUT2D eigenvalue weighted by Gasteiger charge is 2.12. The molecule has 0 fully saturated rings. The number of anilines is 1. The van der Waals surface area contributed by atoms with Crippen molar-refractivity contribution in [2.24, 2.45) is 0 Å². The van der Waals surface area contributed by atoms with Crippen molar-refractivity contribution >= 4 is 29.3 Å². The van der Waals surface area contributed by atoms with E-state index in [0.717, 1.165) is 37.0 Å². The molecule has 0 saturated carbocycles. The Morgan fingerprint density at radius 1 is 1.10 bits per heavy atom. The summed E-state index contributed by atoms with van der Waals surface area (Å²) >= 11 is 6.99. The summed E-state index contributed by atoms with van der Waals surface area (Å²) in [5.41, 5.74) is 0. The first-order valence-corrected chi connectivity index (χ1v) is 7.52. The standard InChI is InChI=1S/C13H13ClF2N4S/c1-3-20(4-2)12-17-11(14)18-13(19-12)21-8-5-6-9(15)10(16)7-8/h5-7H,3-4H2,1-2H3. The average Bonchev–Trinajstić information content (AvgIpc) is 2.44. The second-order valence-corrected chi connectivity index (χ2v) is 5.42. The van der Waals surface area contributed by atoms with Crippen molar-refractivity contribution in [2.45, 2.75) is 23.9 Å².